The molecular weight excluding hydrogens is 336 g/mol. The van der Waals surface area contributed by atoms with Gasteiger partial charge in [0.05, 0.1) is 12.1 Å². The number of rotatable bonds is 3. The van der Waals surface area contributed by atoms with E-state index < -0.39 is 0 Å². The minimum absolute atomic E-state index is 0.0861. The molecule has 0 spiro atoms. The number of halogens is 1. The molecule has 0 atom stereocenters. The lowest BCUT2D eigenvalue weighted by atomic mass is 10.1. The first-order chi connectivity index (χ1) is 10.1. The molecule has 1 aromatic carbocycles. The summed E-state index contributed by atoms with van der Waals surface area (Å²) in [6, 6.07) is 5.73. The predicted octanol–water partition coefficient (Wildman–Crippen LogP) is 2.00. The first-order valence-electron chi connectivity index (χ1n) is 6.36. The standard InChI is InChI=1S/C14H13BrN4O2/c1-19(6-13-16-8-17-18-13)14(20)10-4-9-5-11(15)2-3-12(9)21-7-10/h2-5,8H,6-7H2,1H3,(H,16,17,18). The van der Waals surface area contributed by atoms with E-state index in [4.69, 9.17) is 4.74 Å². The van der Waals surface area contributed by atoms with Crippen LogP contribution in [0.15, 0.2) is 34.6 Å². The number of aromatic nitrogens is 3. The van der Waals surface area contributed by atoms with Gasteiger partial charge in [-0.15, -0.1) is 0 Å². The highest BCUT2D eigenvalue weighted by molar-refractivity contribution is 9.10. The number of carbonyl (C=O) groups is 1. The van der Waals surface area contributed by atoms with Crippen molar-refractivity contribution < 1.29 is 9.53 Å². The molecule has 0 aliphatic carbocycles. The second-order valence-electron chi connectivity index (χ2n) is 4.73. The molecule has 0 bridgehead atoms. The Kier molecular flexibility index (Phi) is 3.74. The summed E-state index contributed by atoms with van der Waals surface area (Å²) >= 11 is 3.42. The third-order valence-corrected chi connectivity index (χ3v) is 3.65. The van der Waals surface area contributed by atoms with Crippen LogP contribution in [0.1, 0.15) is 11.4 Å². The van der Waals surface area contributed by atoms with Crippen LogP contribution in [-0.2, 0) is 11.3 Å². The van der Waals surface area contributed by atoms with Crippen LogP contribution in [0.2, 0.25) is 0 Å². The van der Waals surface area contributed by atoms with E-state index in [2.05, 4.69) is 31.1 Å². The van der Waals surface area contributed by atoms with Gasteiger partial charge in [0.15, 0.2) is 0 Å². The van der Waals surface area contributed by atoms with Gasteiger partial charge in [-0.1, -0.05) is 15.9 Å². The topological polar surface area (TPSA) is 71.1 Å². The zero-order chi connectivity index (χ0) is 14.8. The highest BCUT2D eigenvalue weighted by atomic mass is 79.9. The summed E-state index contributed by atoms with van der Waals surface area (Å²) in [6.45, 7) is 0.649. The highest BCUT2D eigenvalue weighted by Gasteiger charge is 2.21. The summed E-state index contributed by atoms with van der Waals surface area (Å²) in [5, 5.41) is 6.50. The van der Waals surface area contributed by atoms with Crippen LogP contribution in [0.5, 0.6) is 5.75 Å². The third kappa shape index (κ3) is 2.97. The maximum Gasteiger partial charge on any atom is 0.253 e. The zero-order valence-corrected chi connectivity index (χ0v) is 12.9. The minimum Gasteiger partial charge on any atom is -0.488 e. The smallest absolute Gasteiger partial charge is 0.253 e. The van der Waals surface area contributed by atoms with Crippen LogP contribution >= 0.6 is 15.9 Å². The van der Waals surface area contributed by atoms with Crippen molar-refractivity contribution in [1.82, 2.24) is 20.1 Å². The number of H-pyrrole nitrogens is 1. The fourth-order valence-electron chi connectivity index (χ4n) is 2.12. The molecule has 3 rings (SSSR count). The minimum atomic E-state index is -0.0861. The third-order valence-electron chi connectivity index (χ3n) is 3.16. The Balaban J connectivity index is 1.79. The maximum absolute atomic E-state index is 12.4. The molecule has 108 valence electrons. The summed E-state index contributed by atoms with van der Waals surface area (Å²) in [4.78, 5) is 18.0. The molecule has 1 amide bonds. The van der Waals surface area contributed by atoms with Crippen molar-refractivity contribution in [3.05, 3.63) is 46.0 Å². The fourth-order valence-corrected chi connectivity index (χ4v) is 2.50. The number of benzene rings is 1. The van der Waals surface area contributed by atoms with E-state index in [1.807, 2.05) is 24.3 Å². The Morgan fingerprint density at radius 3 is 3.14 bits per heavy atom. The highest BCUT2D eigenvalue weighted by Crippen LogP contribution is 2.29. The Morgan fingerprint density at radius 2 is 2.38 bits per heavy atom. The number of nitrogens with one attached hydrogen (secondary N) is 1. The van der Waals surface area contributed by atoms with E-state index >= 15 is 0 Å². The Hall–Kier alpha value is -2.15. The largest absolute Gasteiger partial charge is 0.488 e. The average molecular weight is 349 g/mol. The van der Waals surface area contributed by atoms with Gasteiger partial charge in [-0.05, 0) is 24.3 Å². The summed E-state index contributed by atoms with van der Waals surface area (Å²) in [5.41, 5.74) is 1.51. The van der Waals surface area contributed by atoms with Gasteiger partial charge in [0.1, 0.15) is 24.5 Å². The van der Waals surface area contributed by atoms with Gasteiger partial charge < -0.3 is 9.64 Å². The van der Waals surface area contributed by atoms with Crippen LogP contribution in [0.3, 0.4) is 0 Å². The first-order valence-corrected chi connectivity index (χ1v) is 7.15. The predicted molar refractivity (Wildman–Crippen MR) is 80.5 cm³/mol. The van der Waals surface area contributed by atoms with E-state index in [1.54, 1.807) is 11.9 Å². The Labute approximate surface area is 130 Å². The molecule has 1 aliphatic heterocycles. The van der Waals surface area contributed by atoms with Crippen molar-refractivity contribution in [3.63, 3.8) is 0 Å². The molecule has 1 N–H and O–H groups in total. The van der Waals surface area contributed by atoms with Crippen LogP contribution in [0.4, 0.5) is 0 Å². The van der Waals surface area contributed by atoms with Gasteiger partial charge in [0.2, 0.25) is 0 Å². The SMILES string of the molecule is CN(Cc1ncn[nH]1)C(=O)C1=Cc2cc(Br)ccc2OC1. The van der Waals surface area contributed by atoms with E-state index in [-0.39, 0.29) is 12.5 Å². The van der Waals surface area contributed by atoms with Crippen LogP contribution in [0.25, 0.3) is 6.08 Å². The van der Waals surface area contributed by atoms with Crippen LogP contribution < -0.4 is 4.74 Å². The number of likely N-dealkylation sites (N-methyl/N-ethyl adjacent to an activating group) is 1. The van der Waals surface area contributed by atoms with E-state index in [9.17, 15) is 4.79 Å². The van der Waals surface area contributed by atoms with Gasteiger partial charge in [-0.3, -0.25) is 9.89 Å². The number of aromatic amines is 1. The maximum atomic E-state index is 12.4. The molecule has 0 unspecified atom stereocenters. The van der Waals surface area contributed by atoms with Gasteiger partial charge in [-0.2, -0.15) is 5.10 Å². The number of hydrogen-bond acceptors (Lipinski definition) is 4. The second-order valence-corrected chi connectivity index (χ2v) is 5.65. The van der Waals surface area contributed by atoms with Crippen LogP contribution in [0, 0.1) is 0 Å². The number of carbonyl (C=O) groups excluding carboxylic acids is 1. The fraction of sp³-hybridized carbons (Fsp3) is 0.214. The second kappa shape index (κ2) is 5.69. The number of nitrogens with zero attached hydrogens (tertiary/aromatic N) is 3. The molecule has 21 heavy (non-hydrogen) atoms. The molecule has 2 aromatic rings. The van der Waals surface area contributed by atoms with E-state index in [1.165, 1.54) is 6.33 Å². The van der Waals surface area contributed by atoms with Crippen molar-refractivity contribution in [2.24, 2.45) is 0 Å². The lowest BCUT2D eigenvalue weighted by molar-refractivity contribution is -0.126. The lowest BCUT2D eigenvalue weighted by Gasteiger charge is -2.22. The summed E-state index contributed by atoms with van der Waals surface area (Å²) in [6.07, 6.45) is 3.28. The monoisotopic (exact) mass is 348 g/mol. The average Bonchev–Trinajstić information content (AvgIpc) is 2.98. The molecule has 0 saturated heterocycles. The van der Waals surface area contributed by atoms with Crippen molar-refractivity contribution in [3.8, 4) is 5.75 Å². The van der Waals surface area contributed by atoms with Gasteiger partial charge in [0, 0.05) is 17.1 Å². The van der Waals surface area contributed by atoms with Gasteiger partial charge in [0.25, 0.3) is 5.91 Å². The first kappa shape index (κ1) is 13.8. The van der Waals surface area contributed by atoms with Gasteiger partial charge in [-0.25, -0.2) is 4.98 Å². The number of ether oxygens (including phenoxy) is 1. The Morgan fingerprint density at radius 1 is 1.52 bits per heavy atom. The molecule has 6 nitrogen and oxygen atoms in total. The van der Waals surface area contributed by atoms with E-state index in [0.29, 0.717) is 17.9 Å². The van der Waals surface area contributed by atoms with E-state index in [0.717, 1.165) is 15.8 Å². The molecule has 0 radical (unpaired) electrons. The molecular formula is C14H13BrN4O2. The number of hydrogen-bond donors (Lipinski definition) is 1. The van der Waals surface area contributed by atoms with Crippen molar-refractivity contribution in [2.45, 2.75) is 6.54 Å². The number of amides is 1. The molecule has 2 heterocycles. The molecule has 0 fully saturated rings. The van der Waals surface area contributed by atoms with Crippen molar-refractivity contribution in [1.29, 1.82) is 0 Å². The van der Waals surface area contributed by atoms with Crippen molar-refractivity contribution in [2.75, 3.05) is 13.7 Å². The lowest BCUT2D eigenvalue weighted by Crippen LogP contribution is -2.31. The molecule has 1 aromatic heterocycles. The quantitative estimate of drug-likeness (QED) is 0.920. The summed E-state index contributed by atoms with van der Waals surface area (Å²) in [7, 11) is 1.72. The zero-order valence-electron chi connectivity index (χ0n) is 11.3. The summed E-state index contributed by atoms with van der Waals surface area (Å²) < 4.78 is 6.57. The number of fused-ring (bicyclic) bond motifs is 1. The Bertz CT molecular complexity index is 697. The molecule has 1 aliphatic rings. The van der Waals surface area contributed by atoms with Gasteiger partial charge >= 0.3 is 0 Å². The molecule has 0 saturated carbocycles. The van der Waals surface area contributed by atoms with Crippen LogP contribution in [-0.4, -0.2) is 39.6 Å². The van der Waals surface area contributed by atoms with Crippen molar-refractivity contribution >= 4 is 27.9 Å². The normalized spacial score (nSPS) is 13.1. The molecule has 7 heteroatoms. The summed E-state index contributed by atoms with van der Waals surface area (Å²) in [5.74, 6) is 1.34.